The third-order valence-electron chi connectivity index (χ3n) is 1.41. The lowest BCUT2D eigenvalue weighted by Crippen LogP contribution is -2.15. The van der Waals surface area contributed by atoms with Crippen LogP contribution in [0.3, 0.4) is 0 Å². The molecule has 0 radical (unpaired) electrons. The monoisotopic (exact) mass is 165 g/mol. The van der Waals surface area contributed by atoms with E-state index < -0.39 is 0 Å². The Morgan fingerprint density at radius 2 is 1.18 bits per heavy atom. The number of rotatable bonds is 6. The van der Waals surface area contributed by atoms with Crippen LogP contribution in [0.2, 0.25) is 0 Å². The average Bonchev–Trinajstić information content (AvgIpc) is 1.89. The van der Waals surface area contributed by atoms with Crippen LogP contribution in [0.4, 0.5) is 0 Å². The highest BCUT2D eigenvalue weighted by Crippen LogP contribution is 1.85. The fourth-order valence-electron chi connectivity index (χ4n) is 0.729. The van der Waals surface area contributed by atoms with E-state index in [4.69, 9.17) is 0 Å². The molecule has 0 atom stereocenters. The minimum atomic E-state index is 0. The molecule has 11 heavy (non-hydrogen) atoms. The van der Waals surface area contributed by atoms with E-state index in [0.29, 0.717) is 0 Å². The van der Waals surface area contributed by atoms with Crippen LogP contribution >= 0.6 is 0 Å². The normalized spacial score (nSPS) is 8.18. The summed E-state index contributed by atoms with van der Waals surface area (Å²) in [5, 5.41) is 3.39. The molecule has 3 heteroatoms. The molecule has 0 aliphatic rings. The Morgan fingerprint density at radius 1 is 0.818 bits per heavy atom. The lowest BCUT2D eigenvalue weighted by Gasteiger charge is -1.99. The fourth-order valence-corrected chi connectivity index (χ4v) is 0.729. The Balaban J connectivity index is -0.000000320. The Morgan fingerprint density at radius 3 is 1.45 bits per heavy atom. The van der Waals surface area contributed by atoms with Gasteiger partial charge in [-0.05, 0) is 25.9 Å². The molecular weight excluding hydrogens is 142 g/mol. The molecule has 3 nitrogen and oxygen atoms in total. The predicted molar refractivity (Wildman–Crippen MR) is 49.9 cm³/mol. The van der Waals surface area contributed by atoms with Gasteiger partial charge in [0.1, 0.15) is 0 Å². The summed E-state index contributed by atoms with van der Waals surface area (Å²) in [7, 11) is 0. The van der Waals surface area contributed by atoms with Crippen molar-refractivity contribution >= 4 is 0 Å². The Labute approximate surface area is 69.8 Å². The number of unbranched alkanes of at least 4 members (excludes halogenated alkanes) is 2. The van der Waals surface area contributed by atoms with Gasteiger partial charge in [0.15, 0.2) is 0 Å². The molecule has 72 valence electrons. The zero-order chi connectivity index (χ0) is 6.95. The summed E-state index contributed by atoms with van der Waals surface area (Å²) in [5.41, 5.74) is 0. The molecule has 0 bridgehead atoms. The fraction of sp³-hybridized carbons (Fsp3) is 1.00. The van der Waals surface area contributed by atoms with E-state index in [9.17, 15) is 0 Å². The maximum atomic E-state index is 3.39. The van der Waals surface area contributed by atoms with Gasteiger partial charge >= 0.3 is 0 Å². The van der Waals surface area contributed by atoms with Crippen LogP contribution in [0.1, 0.15) is 39.5 Å². The van der Waals surface area contributed by atoms with Crippen molar-refractivity contribution in [2.45, 2.75) is 39.5 Å². The first-order valence-electron chi connectivity index (χ1n) is 4.12. The number of hydrogen-bond acceptors (Lipinski definition) is 1. The highest BCUT2D eigenvalue weighted by Gasteiger charge is 1.83. The Hall–Kier alpha value is -0.120. The van der Waals surface area contributed by atoms with E-state index in [2.05, 4.69) is 19.2 Å². The molecule has 0 spiro atoms. The molecule has 5 N–H and O–H groups in total. The van der Waals surface area contributed by atoms with Crippen molar-refractivity contribution in [3.63, 3.8) is 0 Å². The second-order valence-corrected chi connectivity index (χ2v) is 2.46. The highest BCUT2D eigenvalue weighted by atomic mass is 16.0. The standard InChI is InChI=1S/C8H19N.2H2O/c1-3-5-7-9-8-6-4-2;;/h9H,3-8H2,1-2H3;2*1H2. The number of hydrogen-bond donors (Lipinski definition) is 1. The smallest absolute Gasteiger partial charge is 0.00490 e. The summed E-state index contributed by atoms with van der Waals surface area (Å²) < 4.78 is 0. The van der Waals surface area contributed by atoms with Crippen LogP contribution in [0.5, 0.6) is 0 Å². The molecule has 0 saturated heterocycles. The van der Waals surface area contributed by atoms with Gasteiger partial charge in [0, 0.05) is 0 Å². The maximum Gasteiger partial charge on any atom is -0.00490 e. The molecule has 0 amide bonds. The topological polar surface area (TPSA) is 75.0 Å². The zero-order valence-electron chi connectivity index (χ0n) is 7.74. The molecule has 0 aliphatic carbocycles. The van der Waals surface area contributed by atoms with Crippen molar-refractivity contribution in [2.24, 2.45) is 0 Å². The van der Waals surface area contributed by atoms with E-state index in [-0.39, 0.29) is 11.0 Å². The van der Waals surface area contributed by atoms with Gasteiger partial charge in [-0.2, -0.15) is 0 Å². The SMILES string of the molecule is CCCCNCCCC.O.O. The first-order chi connectivity index (χ1) is 4.41. The van der Waals surface area contributed by atoms with Crippen LogP contribution in [0, 0.1) is 0 Å². The lowest BCUT2D eigenvalue weighted by molar-refractivity contribution is 0.611. The first-order valence-corrected chi connectivity index (χ1v) is 4.12. The lowest BCUT2D eigenvalue weighted by atomic mass is 10.3. The van der Waals surface area contributed by atoms with E-state index in [1.54, 1.807) is 0 Å². The summed E-state index contributed by atoms with van der Waals surface area (Å²) in [6.45, 7) is 6.86. The van der Waals surface area contributed by atoms with Crippen LogP contribution in [0.25, 0.3) is 0 Å². The van der Waals surface area contributed by atoms with Gasteiger partial charge in [-0.15, -0.1) is 0 Å². The van der Waals surface area contributed by atoms with Crippen molar-refractivity contribution in [3.05, 3.63) is 0 Å². The summed E-state index contributed by atoms with van der Waals surface area (Å²) in [6, 6.07) is 0. The Bertz CT molecular complexity index is 45.4. The molecule has 0 aromatic rings. The van der Waals surface area contributed by atoms with Gasteiger partial charge in [-0.1, -0.05) is 26.7 Å². The summed E-state index contributed by atoms with van der Waals surface area (Å²) in [5.74, 6) is 0. The summed E-state index contributed by atoms with van der Waals surface area (Å²) in [6.07, 6.45) is 5.26. The van der Waals surface area contributed by atoms with Crippen LogP contribution in [-0.4, -0.2) is 24.0 Å². The minimum Gasteiger partial charge on any atom is -0.412 e. The molecule has 0 aliphatic heterocycles. The van der Waals surface area contributed by atoms with Gasteiger partial charge in [0.2, 0.25) is 0 Å². The van der Waals surface area contributed by atoms with Crippen LogP contribution in [0.15, 0.2) is 0 Å². The first kappa shape index (κ1) is 17.1. The van der Waals surface area contributed by atoms with Gasteiger partial charge < -0.3 is 16.3 Å². The minimum absolute atomic E-state index is 0. The average molecular weight is 165 g/mol. The quantitative estimate of drug-likeness (QED) is 0.573. The molecule has 0 saturated carbocycles. The van der Waals surface area contributed by atoms with Gasteiger partial charge in [0.05, 0.1) is 0 Å². The van der Waals surface area contributed by atoms with Crippen molar-refractivity contribution < 1.29 is 11.0 Å². The molecule has 0 aromatic carbocycles. The van der Waals surface area contributed by atoms with E-state index in [0.717, 1.165) is 0 Å². The molecule has 0 heterocycles. The molecular formula is C8H23NO2. The van der Waals surface area contributed by atoms with Gasteiger partial charge in [-0.3, -0.25) is 0 Å². The van der Waals surface area contributed by atoms with E-state index >= 15 is 0 Å². The maximum absolute atomic E-state index is 3.39. The Kier molecular flexibility index (Phi) is 25.6. The molecule has 0 fully saturated rings. The predicted octanol–water partition coefficient (Wildman–Crippen LogP) is 0.527. The summed E-state index contributed by atoms with van der Waals surface area (Å²) >= 11 is 0. The molecule has 0 rings (SSSR count). The third kappa shape index (κ3) is 17.7. The van der Waals surface area contributed by atoms with Gasteiger partial charge in [0.25, 0.3) is 0 Å². The largest absolute Gasteiger partial charge is 0.412 e. The van der Waals surface area contributed by atoms with E-state index in [1.165, 1.54) is 38.8 Å². The number of nitrogens with one attached hydrogen (secondary N) is 1. The highest BCUT2D eigenvalue weighted by molar-refractivity contribution is 4.45. The second-order valence-electron chi connectivity index (χ2n) is 2.46. The van der Waals surface area contributed by atoms with Crippen LogP contribution in [-0.2, 0) is 0 Å². The second kappa shape index (κ2) is 16.5. The molecule has 0 aromatic heterocycles. The van der Waals surface area contributed by atoms with Crippen molar-refractivity contribution in [1.29, 1.82) is 0 Å². The summed E-state index contributed by atoms with van der Waals surface area (Å²) in [4.78, 5) is 0. The van der Waals surface area contributed by atoms with Crippen molar-refractivity contribution in [3.8, 4) is 0 Å². The zero-order valence-corrected chi connectivity index (χ0v) is 7.74. The van der Waals surface area contributed by atoms with Crippen molar-refractivity contribution in [2.75, 3.05) is 13.1 Å². The van der Waals surface area contributed by atoms with Crippen molar-refractivity contribution in [1.82, 2.24) is 5.32 Å². The molecule has 0 unspecified atom stereocenters. The third-order valence-corrected chi connectivity index (χ3v) is 1.41. The van der Waals surface area contributed by atoms with E-state index in [1.807, 2.05) is 0 Å². The van der Waals surface area contributed by atoms with Gasteiger partial charge in [-0.25, -0.2) is 0 Å². The van der Waals surface area contributed by atoms with Crippen LogP contribution < -0.4 is 5.32 Å².